The van der Waals surface area contributed by atoms with Gasteiger partial charge in [-0.3, -0.25) is 9.59 Å². The maximum absolute atomic E-state index is 12.1. The normalized spacial score (nSPS) is 10.7. The number of carbonyl (C=O) groups excluding carboxylic acids is 2. The largest absolute Gasteiger partial charge is 0.369 e. The van der Waals surface area contributed by atoms with Crippen molar-refractivity contribution in [3.05, 3.63) is 65.7 Å². The van der Waals surface area contributed by atoms with E-state index in [4.69, 9.17) is 5.73 Å². The lowest BCUT2D eigenvalue weighted by molar-refractivity contribution is -0.115. The summed E-state index contributed by atoms with van der Waals surface area (Å²) in [6, 6.07) is 15.4. The first-order chi connectivity index (χ1) is 11.6. The molecule has 0 aliphatic heterocycles. The third kappa shape index (κ3) is 5.59. The van der Waals surface area contributed by atoms with Gasteiger partial charge in [-0.15, -0.1) is 11.8 Å². The van der Waals surface area contributed by atoms with E-state index in [0.29, 0.717) is 5.69 Å². The summed E-state index contributed by atoms with van der Waals surface area (Å²) in [5.74, 6) is -0.440. The van der Waals surface area contributed by atoms with Gasteiger partial charge in [-0.1, -0.05) is 43.3 Å². The fourth-order valence-electron chi connectivity index (χ4n) is 2.06. The molecule has 0 aromatic heterocycles. The summed E-state index contributed by atoms with van der Waals surface area (Å²) in [6.45, 7) is 2.10. The van der Waals surface area contributed by atoms with Gasteiger partial charge < -0.3 is 11.1 Å². The second-order valence-electron chi connectivity index (χ2n) is 5.17. The number of primary amides is 1. The van der Waals surface area contributed by atoms with Crippen LogP contribution >= 0.6 is 11.8 Å². The SMILES string of the molecule is CCc1ccc(C=CC(=O)Nc2ccccc2SCC(N)=O)cc1. The minimum Gasteiger partial charge on any atom is -0.369 e. The fourth-order valence-corrected chi connectivity index (χ4v) is 2.80. The molecule has 2 aromatic rings. The van der Waals surface area contributed by atoms with Crippen molar-refractivity contribution in [1.82, 2.24) is 0 Å². The van der Waals surface area contributed by atoms with Gasteiger partial charge in [0.15, 0.2) is 0 Å². The molecule has 24 heavy (non-hydrogen) atoms. The van der Waals surface area contributed by atoms with Crippen molar-refractivity contribution in [2.24, 2.45) is 5.73 Å². The van der Waals surface area contributed by atoms with Gasteiger partial charge in [0.05, 0.1) is 11.4 Å². The van der Waals surface area contributed by atoms with Gasteiger partial charge in [0.25, 0.3) is 0 Å². The molecule has 2 aromatic carbocycles. The standard InChI is InChI=1S/C19H20N2O2S/c1-2-14-7-9-15(10-8-14)11-12-19(23)21-16-5-3-4-6-17(16)24-13-18(20)22/h3-12H,2,13H2,1H3,(H2,20,22)(H,21,23). The molecule has 0 aliphatic carbocycles. The summed E-state index contributed by atoms with van der Waals surface area (Å²) in [4.78, 5) is 23.8. The minimum absolute atomic E-state index is 0.173. The van der Waals surface area contributed by atoms with Crippen molar-refractivity contribution in [2.45, 2.75) is 18.2 Å². The Kier molecular flexibility index (Phi) is 6.63. The highest BCUT2D eigenvalue weighted by Gasteiger charge is 2.06. The second-order valence-corrected chi connectivity index (χ2v) is 6.19. The number of thioether (sulfide) groups is 1. The van der Waals surface area contributed by atoms with Gasteiger partial charge in [-0.2, -0.15) is 0 Å². The molecule has 5 heteroatoms. The number of aryl methyl sites for hydroxylation is 1. The molecule has 0 fully saturated rings. The summed E-state index contributed by atoms with van der Waals surface area (Å²) >= 11 is 1.30. The first-order valence-electron chi connectivity index (χ1n) is 7.66. The van der Waals surface area contributed by atoms with E-state index >= 15 is 0 Å². The van der Waals surface area contributed by atoms with Crippen LogP contribution in [0.2, 0.25) is 0 Å². The Bertz CT molecular complexity index is 739. The van der Waals surface area contributed by atoms with Gasteiger partial charge in [0.2, 0.25) is 11.8 Å². The summed E-state index contributed by atoms with van der Waals surface area (Å²) in [5, 5.41) is 2.83. The lowest BCUT2D eigenvalue weighted by atomic mass is 10.1. The second kappa shape index (κ2) is 8.93. The molecule has 0 saturated heterocycles. The lowest BCUT2D eigenvalue weighted by Gasteiger charge is -2.08. The van der Waals surface area contributed by atoms with Crippen molar-refractivity contribution >= 4 is 35.3 Å². The van der Waals surface area contributed by atoms with Crippen LogP contribution in [0.3, 0.4) is 0 Å². The zero-order chi connectivity index (χ0) is 17.4. The smallest absolute Gasteiger partial charge is 0.248 e. The predicted molar refractivity (Wildman–Crippen MR) is 99.8 cm³/mol. The molecule has 0 bridgehead atoms. The average Bonchev–Trinajstić information content (AvgIpc) is 2.59. The maximum atomic E-state index is 12.1. The quantitative estimate of drug-likeness (QED) is 0.599. The van der Waals surface area contributed by atoms with Gasteiger partial charge >= 0.3 is 0 Å². The van der Waals surface area contributed by atoms with E-state index in [9.17, 15) is 9.59 Å². The van der Waals surface area contributed by atoms with Crippen LogP contribution in [0.1, 0.15) is 18.1 Å². The summed E-state index contributed by atoms with van der Waals surface area (Å²) < 4.78 is 0. The molecular weight excluding hydrogens is 320 g/mol. The third-order valence-corrected chi connectivity index (χ3v) is 4.43. The Labute approximate surface area is 146 Å². The molecule has 0 radical (unpaired) electrons. The molecule has 0 spiro atoms. The Morgan fingerprint density at radius 2 is 1.83 bits per heavy atom. The third-order valence-electron chi connectivity index (χ3n) is 3.33. The maximum Gasteiger partial charge on any atom is 0.248 e. The predicted octanol–water partition coefficient (Wildman–Crippen LogP) is 3.48. The van der Waals surface area contributed by atoms with Gasteiger partial charge in [-0.05, 0) is 35.8 Å². The van der Waals surface area contributed by atoms with Crippen molar-refractivity contribution in [3.63, 3.8) is 0 Å². The number of amides is 2. The van der Waals surface area contributed by atoms with Crippen LogP contribution in [0.5, 0.6) is 0 Å². The molecule has 0 atom stereocenters. The van der Waals surface area contributed by atoms with E-state index < -0.39 is 5.91 Å². The number of nitrogens with two attached hydrogens (primary N) is 1. The van der Waals surface area contributed by atoms with E-state index in [2.05, 4.69) is 12.2 Å². The Morgan fingerprint density at radius 3 is 2.50 bits per heavy atom. The van der Waals surface area contributed by atoms with Crippen molar-refractivity contribution in [2.75, 3.05) is 11.1 Å². The highest BCUT2D eigenvalue weighted by Crippen LogP contribution is 2.26. The van der Waals surface area contributed by atoms with Gasteiger partial charge in [0.1, 0.15) is 0 Å². The minimum atomic E-state index is -0.392. The van der Waals surface area contributed by atoms with Crippen molar-refractivity contribution in [1.29, 1.82) is 0 Å². The summed E-state index contributed by atoms with van der Waals surface area (Å²) in [6.07, 6.45) is 4.26. The van der Waals surface area contributed by atoms with E-state index in [1.54, 1.807) is 12.1 Å². The first-order valence-corrected chi connectivity index (χ1v) is 8.65. The van der Waals surface area contributed by atoms with Crippen LogP contribution in [0.4, 0.5) is 5.69 Å². The van der Waals surface area contributed by atoms with E-state index in [1.807, 2.05) is 42.5 Å². The summed E-state index contributed by atoms with van der Waals surface area (Å²) in [5.41, 5.74) is 8.06. The Balaban J connectivity index is 2.01. The Hall–Kier alpha value is -2.53. The number of para-hydroxylation sites is 1. The van der Waals surface area contributed by atoms with Crippen molar-refractivity contribution < 1.29 is 9.59 Å². The number of anilines is 1. The fraction of sp³-hybridized carbons (Fsp3) is 0.158. The van der Waals surface area contributed by atoms with Gasteiger partial charge in [0, 0.05) is 11.0 Å². The lowest BCUT2D eigenvalue weighted by Crippen LogP contribution is -2.13. The van der Waals surface area contributed by atoms with Crippen LogP contribution < -0.4 is 11.1 Å². The zero-order valence-electron chi connectivity index (χ0n) is 13.5. The number of nitrogens with one attached hydrogen (secondary N) is 1. The topological polar surface area (TPSA) is 72.2 Å². The molecule has 2 rings (SSSR count). The molecule has 0 aliphatic rings. The highest BCUT2D eigenvalue weighted by atomic mass is 32.2. The summed E-state index contributed by atoms with van der Waals surface area (Å²) in [7, 11) is 0. The van der Waals surface area contributed by atoms with Crippen LogP contribution in [0.15, 0.2) is 59.5 Å². The van der Waals surface area contributed by atoms with E-state index in [1.165, 1.54) is 23.4 Å². The highest BCUT2D eigenvalue weighted by molar-refractivity contribution is 8.00. The molecule has 2 amide bonds. The van der Waals surface area contributed by atoms with Crippen LogP contribution in [0.25, 0.3) is 6.08 Å². The zero-order valence-corrected chi connectivity index (χ0v) is 14.3. The van der Waals surface area contributed by atoms with Crippen molar-refractivity contribution in [3.8, 4) is 0 Å². The first kappa shape index (κ1) is 17.8. The van der Waals surface area contributed by atoms with E-state index in [0.717, 1.165) is 16.9 Å². The number of rotatable bonds is 7. The Morgan fingerprint density at radius 1 is 1.12 bits per heavy atom. The number of benzene rings is 2. The molecule has 3 N–H and O–H groups in total. The number of carbonyl (C=O) groups is 2. The van der Waals surface area contributed by atoms with Crippen LogP contribution in [-0.4, -0.2) is 17.6 Å². The van der Waals surface area contributed by atoms with Gasteiger partial charge in [-0.25, -0.2) is 0 Å². The average molecular weight is 340 g/mol. The molecule has 0 unspecified atom stereocenters. The molecule has 0 saturated carbocycles. The number of hydrogen-bond donors (Lipinski definition) is 2. The molecule has 124 valence electrons. The molecule has 4 nitrogen and oxygen atoms in total. The monoisotopic (exact) mass is 340 g/mol. The molecule has 0 heterocycles. The van der Waals surface area contributed by atoms with E-state index in [-0.39, 0.29) is 11.7 Å². The van der Waals surface area contributed by atoms with Crippen LogP contribution in [-0.2, 0) is 16.0 Å². The molecular formula is C19H20N2O2S. The van der Waals surface area contributed by atoms with Crippen LogP contribution in [0, 0.1) is 0 Å². The number of hydrogen-bond acceptors (Lipinski definition) is 3.